The molecule has 0 unspecified atom stereocenters. The van der Waals surface area contributed by atoms with E-state index in [0.29, 0.717) is 24.5 Å². The molecule has 9 nitrogen and oxygen atoms in total. The number of anilines is 1. The standard InChI is InChI=1S/C34H37N5O4S/c1-41-28-10-6-3-7-23(28)20-43-30-19-22(11-12-29(30)42-2)31-25-8-4-5-9-26(25)34(40)39(37-31)24-13-16-38(17-14-24)33-32-27(15-18-44-32)35-21-36-33/h3-7,10-12,19,21,24,26,37H,8-9,13-18,20H2,1-2H3/t26-/m1/s1. The highest BCUT2D eigenvalue weighted by molar-refractivity contribution is 7.99. The molecule has 2 aromatic carbocycles. The molecule has 3 aromatic rings. The first kappa shape index (κ1) is 28.6. The number of carbonyl (C=O) groups is 1. The summed E-state index contributed by atoms with van der Waals surface area (Å²) in [5.74, 6) is 4.17. The predicted octanol–water partition coefficient (Wildman–Crippen LogP) is 5.41. The number of ether oxygens (including phenoxy) is 3. The summed E-state index contributed by atoms with van der Waals surface area (Å²) in [5.41, 5.74) is 8.80. The molecular weight excluding hydrogens is 574 g/mol. The van der Waals surface area contributed by atoms with Gasteiger partial charge in [0.15, 0.2) is 11.5 Å². The van der Waals surface area contributed by atoms with Gasteiger partial charge in [-0.2, -0.15) is 0 Å². The maximum atomic E-state index is 13.9. The van der Waals surface area contributed by atoms with Crippen LogP contribution in [0.25, 0.3) is 5.70 Å². The van der Waals surface area contributed by atoms with Crippen LogP contribution in [0.5, 0.6) is 17.2 Å². The molecule has 1 atom stereocenters. The topological polar surface area (TPSA) is 89.1 Å². The lowest BCUT2D eigenvalue weighted by Crippen LogP contribution is -2.57. The van der Waals surface area contributed by atoms with Gasteiger partial charge in [-0.1, -0.05) is 30.4 Å². The van der Waals surface area contributed by atoms with Gasteiger partial charge in [0.2, 0.25) is 5.91 Å². The summed E-state index contributed by atoms with van der Waals surface area (Å²) >= 11 is 1.85. The van der Waals surface area contributed by atoms with Crippen molar-refractivity contribution in [1.29, 1.82) is 0 Å². The van der Waals surface area contributed by atoms with E-state index in [-0.39, 0.29) is 17.9 Å². The summed E-state index contributed by atoms with van der Waals surface area (Å²) in [6.07, 6.45) is 10.2. The smallest absolute Gasteiger partial charge is 0.248 e. The largest absolute Gasteiger partial charge is 0.496 e. The third-order valence-electron chi connectivity index (χ3n) is 8.99. The first-order valence-electron chi connectivity index (χ1n) is 15.3. The Bertz CT molecular complexity index is 1620. The third kappa shape index (κ3) is 5.36. The van der Waals surface area contributed by atoms with Crippen LogP contribution in [0, 0.1) is 5.92 Å². The SMILES string of the molecule is COc1ccccc1COc1cc(C2=C3CC=CC[C@H]3C(=O)N(C3CCN(c4ncnc5c4SCC5)CC3)N2)ccc1OC. The van der Waals surface area contributed by atoms with Crippen LogP contribution in [-0.4, -0.2) is 60.0 Å². The molecule has 1 saturated heterocycles. The number of allylic oxidation sites excluding steroid dienone is 2. The predicted molar refractivity (Wildman–Crippen MR) is 171 cm³/mol. The summed E-state index contributed by atoms with van der Waals surface area (Å²) in [7, 11) is 3.31. The van der Waals surface area contributed by atoms with E-state index in [1.54, 1.807) is 20.5 Å². The monoisotopic (exact) mass is 611 g/mol. The second-order valence-corrected chi connectivity index (χ2v) is 12.5. The molecule has 44 heavy (non-hydrogen) atoms. The van der Waals surface area contributed by atoms with Crippen LogP contribution in [0.1, 0.15) is 42.5 Å². The maximum absolute atomic E-state index is 13.9. The Kier molecular flexibility index (Phi) is 8.08. The molecule has 0 spiro atoms. The van der Waals surface area contributed by atoms with Gasteiger partial charge in [0.1, 0.15) is 24.5 Å². The third-order valence-corrected chi connectivity index (χ3v) is 10.1. The average molecular weight is 612 g/mol. The van der Waals surface area contributed by atoms with Crippen molar-refractivity contribution in [3.8, 4) is 17.2 Å². The number of piperidine rings is 1. The zero-order chi connectivity index (χ0) is 30.0. The van der Waals surface area contributed by atoms with Gasteiger partial charge < -0.3 is 19.1 Å². The van der Waals surface area contributed by atoms with E-state index in [2.05, 4.69) is 32.4 Å². The number of amides is 1. The van der Waals surface area contributed by atoms with Crippen molar-refractivity contribution in [2.75, 3.05) is 38.0 Å². The molecule has 4 aliphatic rings. The highest BCUT2D eigenvalue weighted by Gasteiger charge is 2.40. The normalized spacial score (nSPS) is 19.9. The van der Waals surface area contributed by atoms with E-state index in [1.165, 1.54) is 4.90 Å². The van der Waals surface area contributed by atoms with Gasteiger partial charge in [0.25, 0.3) is 0 Å². The van der Waals surface area contributed by atoms with Crippen molar-refractivity contribution in [3.05, 3.63) is 83.3 Å². The highest BCUT2D eigenvalue weighted by Crippen LogP contribution is 2.41. The number of carbonyl (C=O) groups excluding carboxylic acids is 1. The second-order valence-electron chi connectivity index (χ2n) is 11.4. The number of benzene rings is 2. The van der Waals surface area contributed by atoms with Crippen molar-refractivity contribution in [2.24, 2.45) is 5.92 Å². The van der Waals surface area contributed by atoms with E-state index in [9.17, 15) is 4.79 Å². The number of para-hydroxylation sites is 1. The Hall–Kier alpha value is -4.18. The second kappa shape index (κ2) is 12.4. The molecule has 0 saturated carbocycles. The van der Waals surface area contributed by atoms with E-state index in [1.807, 2.05) is 59.2 Å². The van der Waals surface area contributed by atoms with Gasteiger partial charge in [-0.3, -0.25) is 15.2 Å². The molecule has 10 heteroatoms. The molecule has 1 amide bonds. The zero-order valence-corrected chi connectivity index (χ0v) is 25.9. The molecule has 0 radical (unpaired) electrons. The van der Waals surface area contributed by atoms with Crippen LogP contribution in [0.4, 0.5) is 5.82 Å². The van der Waals surface area contributed by atoms with Crippen molar-refractivity contribution in [3.63, 3.8) is 0 Å². The number of fused-ring (bicyclic) bond motifs is 2. The molecule has 4 heterocycles. The molecule has 1 aromatic heterocycles. The minimum absolute atomic E-state index is 0.0864. The molecule has 1 fully saturated rings. The van der Waals surface area contributed by atoms with Gasteiger partial charge in [-0.25, -0.2) is 9.97 Å². The van der Waals surface area contributed by atoms with Crippen LogP contribution in [-0.2, 0) is 17.8 Å². The van der Waals surface area contributed by atoms with Gasteiger partial charge >= 0.3 is 0 Å². The van der Waals surface area contributed by atoms with Crippen LogP contribution < -0.4 is 24.5 Å². The minimum Gasteiger partial charge on any atom is -0.496 e. The van der Waals surface area contributed by atoms with Crippen LogP contribution >= 0.6 is 11.8 Å². The van der Waals surface area contributed by atoms with E-state index < -0.39 is 0 Å². The number of rotatable bonds is 8. The summed E-state index contributed by atoms with van der Waals surface area (Å²) in [6, 6.07) is 13.9. The van der Waals surface area contributed by atoms with Crippen molar-refractivity contribution >= 4 is 29.2 Å². The summed E-state index contributed by atoms with van der Waals surface area (Å²) in [4.78, 5) is 26.7. The summed E-state index contributed by atoms with van der Waals surface area (Å²) in [5, 5.41) is 1.92. The molecule has 3 aliphatic heterocycles. The highest BCUT2D eigenvalue weighted by atomic mass is 32.2. The Balaban J connectivity index is 1.13. The lowest BCUT2D eigenvalue weighted by Gasteiger charge is -2.44. The number of nitrogens with one attached hydrogen (secondary N) is 1. The molecule has 1 N–H and O–H groups in total. The fourth-order valence-electron chi connectivity index (χ4n) is 6.65. The van der Waals surface area contributed by atoms with E-state index in [0.717, 1.165) is 84.2 Å². The van der Waals surface area contributed by atoms with Crippen molar-refractivity contribution in [2.45, 2.75) is 49.6 Å². The molecule has 1 aliphatic carbocycles. The number of hydrogen-bond donors (Lipinski definition) is 1. The Morgan fingerprint density at radius 1 is 1.00 bits per heavy atom. The van der Waals surface area contributed by atoms with E-state index >= 15 is 0 Å². The molecular formula is C34H37N5O4S. The van der Waals surface area contributed by atoms with Crippen molar-refractivity contribution in [1.82, 2.24) is 20.4 Å². The molecule has 228 valence electrons. The lowest BCUT2D eigenvalue weighted by atomic mass is 9.83. The molecule has 7 rings (SSSR count). The fourth-order valence-corrected chi connectivity index (χ4v) is 7.78. The van der Waals surface area contributed by atoms with Gasteiger partial charge in [0.05, 0.1) is 42.5 Å². The van der Waals surface area contributed by atoms with Crippen molar-refractivity contribution < 1.29 is 19.0 Å². The number of hydrogen-bond acceptors (Lipinski definition) is 9. The maximum Gasteiger partial charge on any atom is 0.248 e. The quantitative estimate of drug-likeness (QED) is 0.336. The average Bonchev–Trinajstić information content (AvgIpc) is 3.57. The minimum atomic E-state index is -0.170. The number of methoxy groups -OCH3 is 2. The van der Waals surface area contributed by atoms with Crippen LogP contribution in [0.2, 0.25) is 0 Å². The first-order valence-corrected chi connectivity index (χ1v) is 16.3. The lowest BCUT2D eigenvalue weighted by molar-refractivity contribution is -0.140. The molecule has 0 bridgehead atoms. The summed E-state index contributed by atoms with van der Waals surface area (Å²) in [6.45, 7) is 2.03. The van der Waals surface area contributed by atoms with E-state index in [4.69, 9.17) is 14.2 Å². The zero-order valence-electron chi connectivity index (χ0n) is 25.1. The van der Waals surface area contributed by atoms with Gasteiger partial charge in [-0.15, -0.1) is 11.8 Å². The van der Waals surface area contributed by atoms with Gasteiger partial charge in [-0.05, 0) is 55.5 Å². The number of aryl methyl sites for hydroxylation is 1. The Morgan fingerprint density at radius 3 is 2.68 bits per heavy atom. The Labute approximate surface area is 262 Å². The van der Waals surface area contributed by atoms with Gasteiger partial charge in [0, 0.05) is 36.4 Å². The first-order chi connectivity index (χ1) is 21.6. The Morgan fingerprint density at radius 2 is 1.84 bits per heavy atom. The number of hydrazine groups is 1. The number of aromatic nitrogens is 2. The number of thioether (sulfide) groups is 1. The number of nitrogens with zero attached hydrogens (tertiary/aromatic N) is 4. The fraction of sp³-hybridized carbons (Fsp3) is 0.382. The van der Waals surface area contributed by atoms with Crippen LogP contribution in [0.15, 0.2) is 71.4 Å². The summed E-state index contributed by atoms with van der Waals surface area (Å²) < 4.78 is 17.5. The van der Waals surface area contributed by atoms with Crippen LogP contribution in [0.3, 0.4) is 0 Å².